The van der Waals surface area contributed by atoms with Crippen molar-refractivity contribution in [1.29, 1.82) is 0 Å². The van der Waals surface area contributed by atoms with Crippen molar-refractivity contribution < 1.29 is 9.13 Å². The van der Waals surface area contributed by atoms with Crippen LogP contribution in [0.5, 0.6) is 5.75 Å². The van der Waals surface area contributed by atoms with Gasteiger partial charge in [0.05, 0.1) is 16.8 Å². The Bertz CT molecular complexity index is 907. The Morgan fingerprint density at radius 3 is 2.58 bits per heavy atom. The maximum absolute atomic E-state index is 13.3. The third-order valence-corrected chi connectivity index (χ3v) is 6.08. The van der Waals surface area contributed by atoms with E-state index in [1.165, 1.54) is 12.1 Å². The highest BCUT2D eigenvalue weighted by Crippen LogP contribution is 2.54. The Labute approximate surface area is 161 Å². The average Bonchev–Trinajstić information content (AvgIpc) is 3.25. The van der Waals surface area contributed by atoms with Gasteiger partial charge in [-0.15, -0.1) is 0 Å². The lowest BCUT2D eigenvalue weighted by molar-refractivity contribution is -0.114. The molecule has 26 heavy (non-hydrogen) atoms. The molecule has 2 aromatic rings. The highest BCUT2D eigenvalue weighted by atomic mass is 35.5. The quantitative estimate of drug-likeness (QED) is 0.601. The van der Waals surface area contributed by atoms with Gasteiger partial charge in [-0.3, -0.25) is 0 Å². The fraction of sp³-hybridized carbons (Fsp3) is 0.350. The zero-order valence-electron chi connectivity index (χ0n) is 14.0. The predicted octanol–water partition coefficient (Wildman–Crippen LogP) is 5.95. The van der Waals surface area contributed by atoms with Gasteiger partial charge >= 0.3 is 0 Å². The number of hydrogen-bond acceptors (Lipinski definition) is 3. The van der Waals surface area contributed by atoms with Gasteiger partial charge < -0.3 is 4.74 Å². The molecule has 1 aliphatic carbocycles. The third-order valence-electron chi connectivity index (χ3n) is 5.58. The highest BCUT2D eigenvalue weighted by Gasteiger charge is 2.52. The summed E-state index contributed by atoms with van der Waals surface area (Å²) in [6.45, 7) is 0. The van der Waals surface area contributed by atoms with Crippen LogP contribution in [0.4, 0.5) is 4.39 Å². The molecule has 0 saturated heterocycles. The molecule has 1 fully saturated rings. The molecular weight excluding hydrogens is 374 g/mol. The molecule has 0 amide bonds. The zero-order chi connectivity index (χ0) is 17.9. The van der Waals surface area contributed by atoms with Gasteiger partial charge in [-0.2, -0.15) is 5.10 Å². The largest absolute Gasteiger partial charge is 0.465 e. The standard InChI is InChI=1S/C20H17Cl2FN2O/c21-13-9-15-18-11-17(12-3-5-14(23)6-4-12)24-25(18)20(7-1-2-8-20)26-19(15)16(22)10-13/h3-6,9-10,18H,1-2,7-8,11H2/t18-/m1/s1. The summed E-state index contributed by atoms with van der Waals surface area (Å²) in [5.74, 6) is 0.486. The number of benzene rings is 2. The van der Waals surface area contributed by atoms with Crippen molar-refractivity contribution >= 4 is 28.9 Å². The maximum Gasteiger partial charge on any atom is 0.198 e. The first kappa shape index (κ1) is 16.4. The van der Waals surface area contributed by atoms with Crippen LogP contribution >= 0.6 is 23.2 Å². The summed E-state index contributed by atoms with van der Waals surface area (Å²) < 4.78 is 19.7. The van der Waals surface area contributed by atoms with E-state index in [2.05, 4.69) is 5.01 Å². The molecule has 134 valence electrons. The van der Waals surface area contributed by atoms with Gasteiger partial charge in [0.15, 0.2) is 5.72 Å². The smallest absolute Gasteiger partial charge is 0.198 e. The molecule has 2 aromatic carbocycles. The van der Waals surface area contributed by atoms with Crippen molar-refractivity contribution in [2.24, 2.45) is 5.10 Å². The van der Waals surface area contributed by atoms with Crippen LogP contribution < -0.4 is 4.74 Å². The molecule has 1 atom stereocenters. The Morgan fingerprint density at radius 2 is 1.85 bits per heavy atom. The monoisotopic (exact) mass is 390 g/mol. The van der Waals surface area contributed by atoms with Gasteiger partial charge in [0.1, 0.15) is 11.6 Å². The van der Waals surface area contributed by atoms with E-state index in [-0.39, 0.29) is 11.9 Å². The van der Waals surface area contributed by atoms with Gasteiger partial charge in [-0.05, 0) is 42.7 Å². The maximum atomic E-state index is 13.3. The summed E-state index contributed by atoms with van der Waals surface area (Å²) in [5.41, 5.74) is 2.40. The van der Waals surface area contributed by atoms with Crippen molar-refractivity contribution in [1.82, 2.24) is 5.01 Å². The number of hydrazone groups is 1. The van der Waals surface area contributed by atoms with Gasteiger partial charge in [0.25, 0.3) is 0 Å². The number of nitrogens with zero attached hydrogens (tertiary/aromatic N) is 2. The van der Waals surface area contributed by atoms with Gasteiger partial charge in [-0.1, -0.05) is 35.3 Å². The minimum absolute atomic E-state index is 0.0353. The molecule has 1 spiro atoms. The molecule has 0 N–H and O–H groups in total. The fourth-order valence-electron chi connectivity index (χ4n) is 4.38. The van der Waals surface area contributed by atoms with Crippen molar-refractivity contribution in [2.45, 2.75) is 43.9 Å². The van der Waals surface area contributed by atoms with Crippen molar-refractivity contribution in [2.75, 3.05) is 0 Å². The molecule has 0 radical (unpaired) electrons. The second-order valence-corrected chi connectivity index (χ2v) is 8.02. The van der Waals surface area contributed by atoms with E-state index < -0.39 is 5.72 Å². The van der Waals surface area contributed by atoms with Crippen LogP contribution in [0.2, 0.25) is 10.0 Å². The lowest BCUT2D eigenvalue weighted by Crippen LogP contribution is -2.51. The first-order valence-electron chi connectivity index (χ1n) is 8.86. The third kappa shape index (κ3) is 2.43. The normalized spacial score (nSPS) is 22.8. The lowest BCUT2D eigenvalue weighted by Gasteiger charge is -2.46. The molecule has 0 aromatic heterocycles. The van der Waals surface area contributed by atoms with E-state index in [0.29, 0.717) is 10.0 Å². The van der Waals surface area contributed by atoms with Crippen molar-refractivity contribution in [3.8, 4) is 5.75 Å². The molecule has 3 nitrogen and oxygen atoms in total. The van der Waals surface area contributed by atoms with Crippen molar-refractivity contribution in [3.63, 3.8) is 0 Å². The molecule has 2 aliphatic heterocycles. The van der Waals surface area contributed by atoms with Crippen LogP contribution in [0.25, 0.3) is 0 Å². The molecule has 2 heterocycles. The van der Waals surface area contributed by atoms with Gasteiger partial charge in [-0.25, -0.2) is 9.40 Å². The Morgan fingerprint density at radius 1 is 1.12 bits per heavy atom. The van der Waals surface area contributed by atoms with Crippen LogP contribution in [0.1, 0.15) is 49.3 Å². The number of ether oxygens (including phenoxy) is 1. The first-order valence-corrected chi connectivity index (χ1v) is 9.62. The molecule has 1 saturated carbocycles. The van der Waals surface area contributed by atoms with Crippen LogP contribution in [0, 0.1) is 5.82 Å². The molecule has 0 bridgehead atoms. The first-order chi connectivity index (χ1) is 12.6. The Hall–Kier alpha value is -1.78. The molecular formula is C20H17Cl2FN2O. The van der Waals surface area contributed by atoms with Crippen LogP contribution in [-0.4, -0.2) is 16.4 Å². The van der Waals surface area contributed by atoms with E-state index in [1.807, 2.05) is 6.07 Å². The summed E-state index contributed by atoms with van der Waals surface area (Å²) in [7, 11) is 0. The highest BCUT2D eigenvalue weighted by molar-refractivity contribution is 6.35. The second kappa shape index (κ2) is 5.86. The minimum atomic E-state index is -0.448. The summed E-state index contributed by atoms with van der Waals surface area (Å²) in [6, 6.07) is 10.2. The van der Waals surface area contributed by atoms with Crippen LogP contribution in [0.3, 0.4) is 0 Å². The van der Waals surface area contributed by atoms with E-state index in [9.17, 15) is 4.39 Å². The van der Waals surface area contributed by atoms with E-state index in [0.717, 1.165) is 54.7 Å². The number of rotatable bonds is 1. The number of halogens is 3. The van der Waals surface area contributed by atoms with Crippen LogP contribution in [-0.2, 0) is 0 Å². The van der Waals surface area contributed by atoms with E-state index >= 15 is 0 Å². The molecule has 3 aliphatic rings. The number of fused-ring (bicyclic) bond motifs is 4. The average molecular weight is 391 g/mol. The zero-order valence-corrected chi connectivity index (χ0v) is 15.5. The molecule has 0 unspecified atom stereocenters. The summed E-state index contributed by atoms with van der Waals surface area (Å²) >= 11 is 12.7. The Balaban J connectivity index is 1.62. The Kier molecular flexibility index (Phi) is 3.70. The molecule has 5 rings (SSSR count). The summed E-state index contributed by atoms with van der Waals surface area (Å²) in [4.78, 5) is 0. The van der Waals surface area contributed by atoms with E-state index in [4.69, 9.17) is 33.0 Å². The predicted molar refractivity (Wildman–Crippen MR) is 100 cm³/mol. The SMILES string of the molecule is Fc1ccc(C2=NN3[C@H](C2)c2cc(Cl)cc(Cl)c2OC32CCCC2)cc1. The second-order valence-electron chi connectivity index (χ2n) is 7.18. The van der Waals surface area contributed by atoms with Crippen LogP contribution in [0.15, 0.2) is 41.5 Å². The lowest BCUT2D eigenvalue weighted by atomic mass is 9.94. The topological polar surface area (TPSA) is 24.8 Å². The van der Waals surface area contributed by atoms with Gasteiger partial charge in [0.2, 0.25) is 0 Å². The summed E-state index contributed by atoms with van der Waals surface area (Å²) in [6.07, 6.45) is 4.76. The molecule has 6 heteroatoms. The minimum Gasteiger partial charge on any atom is -0.465 e. The number of hydrogen-bond donors (Lipinski definition) is 0. The van der Waals surface area contributed by atoms with E-state index in [1.54, 1.807) is 18.2 Å². The summed E-state index contributed by atoms with van der Waals surface area (Å²) in [5, 5.41) is 8.17. The van der Waals surface area contributed by atoms with Gasteiger partial charge in [0, 0.05) is 29.8 Å². The fourth-order valence-corrected chi connectivity index (χ4v) is 4.92. The van der Waals surface area contributed by atoms with Crippen molar-refractivity contribution in [3.05, 3.63) is 63.4 Å².